The average molecular weight is 1440 g/mol. The molecule has 12 aromatic rings. The van der Waals surface area contributed by atoms with E-state index < -0.39 is 0 Å². The van der Waals surface area contributed by atoms with Crippen LogP contribution in [0.3, 0.4) is 0 Å². The number of hydrogen-bond acceptors (Lipinski definition) is 18. The maximum absolute atomic E-state index is 13.2. The molecule has 3 aromatic carbocycles. The third kappa shape index (κ3) is 16.2. The van der Waals surface area contributed by atoms with Crippen molar-refractivity contribution < 1.29 is 4.39 Å². The monoisotopic (exact) mass is 1430 g/mol. The number of nitrogens with zero attached hydrogens (tertiary/aromatic N) is 18. The number of piperidine rings is 3. The summed E-state index contributed by atoms with van der Waals surface area (Å²) in [6.45, 7) is 23.1. The minimum atomic E-state index is -0.182. The van der Waals surface area contributed by atoms with Crippen molar-refractivity contribution in [3.05, 3.63) is 266 Å². The molecular weight excluding hydrogens is 1350 g/mol. The second-order valence-electron chi connectivity index (χ2n) is 29.6. The van der Waals surface area contributed by atoms with Crippen molar-refractivity contribution in [2.45, 2.75) is 149 Å². The van der Waals surface area contributed by atoms with E-state index in [1.54, 1.807) is 12.1 Å². The Morgan fingerprint density at radius 3 is 0.953 bits per heavy atom. The van der Waals surface area contributed by atoms with E-state index in [1.807, 2.05) is 115 Å². The molecule has 21 nitrogen and oxygen atoms in total. The maximum Gasteiger partial charge on any atom is 0.161 e. The first-order valence-electron chi connectivity index (χ1n) is 37.1. The van der Waals surface area contributed by atoms with Crippen molar-refractivity contribution in [1.29, 1.82) is 0 Å². The third-order valence-electron chi connectivity index (χ3n) is 21.5. The molecule has 9 fully saturated rings. The summed E-state index contributed by atoms with van der Waals surface area (Å²) in [5.74, 6) is 5.00. The van der Waals surface area contributed by atoms with Gasteiger partial charge in [0.05, 0.1) is 34.2 Å². The molecule has 23 heteroatoms. The number of pyridine rings is 3. The summed E-state index contributed by atoms with van der Waals surface area (Å²) in [5, 5.41) is 22.8. The van der Waals surface area contributed by atoms with Gasteiger partial charge in [0.15, 0.2) is 17.5 Å². The first-order valence-corrected chi connectivity index (χ1v) is 37.5. The quantitative estimate of drug-likeness (QED) is 0.0685. The van der Waals surface area contributed by atoms with Gasteiger partial charge in [-0.15, -0.1) is 0 Å². The Labute approximate surface area is 623 Å². The maximum atomic E-state index is 13.2. The van der Waals surface area contributed by atoms with Gasteiger partial charge in [-0.2, -0.15) is 15.3 Å². The Balaban J connectivity index is 0.000000122. The number of nitrogens with one attached hydrogen (secondary N) is 3. The Bertz CT molecular complexity index is 4760. The number of rotatable bonds is 19. The number of aromatic amines is 3. The number of fused-ring (bicyclic) bond motifs is 6. The van der Waals surface area contributed by atoms with Crippen molar-refractivity contribution in [3.63, 3.8) is 0 Å². The number of benzene rings is 3. The van der Waals surface area contributed by atoms with Crippen LogP contribution < -0.4 is 14.7 Å². The van der Waals surface area contributed by atoms with E-state index in [-0.39, 0.29) is 5.82 Å². The van der Waals surface area contributed by atoms with Crippen molar-refractivity contribution >= 4 is 29.1 Å². The molecule has 6 atom stereocenters. The summed E-state index contributed by atoms with van der Waals surface area (Å²) in [6, 6.07) is 52.3. The van der Waals surface area contributed by atoms with Gasteiger partial charge in [-0.3, -0.25) is 30.0 Å². The average Bonchev–Trinajstić information content (AvgIpc) is 0.797. The number of piperazine rings is 3. The van der Waals surface area contributed by atoms with Crippen LogP contribution in [0.2, 0.25) is 5.02 Å². The normalized spacial score (nSPS) is 19.5. The highest BCUT2D eigenvalue weighted by Gasteiger charge is 2.47. The largest absolute Gasteiger partial charge is 0.353 e. The van der Waals surface area contributed by atoms with Crippen LogP contribution in [0.15, 0.2) is 164 Å². The minimum absolute atomic E-state index is 0.182. The highest BCUT2D eigenvalue weighted by Crippen LogP contribution is 2.39. The van der Waals surface area contributed by atoms with E-state index in [2.05, 4.69) is 161 Å². The first-order chi connectivity index (χ1) is 51.5. The lowest BCUT2D eigenvalue weighted by Crippen LogP contribution is -2.68. The van der Waals surface area contributed by atoms with E-state index in [0.717, 1.165) is 184 Å². The third-order valence-corrected chi connectivity index (χ3v) is 21.7. The van der Waals surface area contributed by atoms with Crippen LogP contribution in [0.4, 0.5) is 21.8 Å². The van der Waals surface area contributed by atoms with Crippen LogP contribution in [0, 0.1) is 47.4 Å². The SMILES string of the molecule is CCc1ccc(CN2C3CC2CN(c2ccc(-c4nc(C)cc(Cc5cc(C)[nH]n5)n4)cn2)C3)cc1.Cc1cc(Cc2cc(C)[nH]n2)nc(-c2ccc(N3CC4CC(C3)N4Cc3ccc(Cl)cc3)nc2)n1.Cc1cc(Cc2cc(C)[nH]n2)nc(-c2ccc(N3CC4CC(C3)N4Cc3ccc(F)cc3)nc2)n1. The van der Waals surface area contributed by atoms with Gasteiger partial charge in [0.1, 0.15) is 23.3 Å². The molecule has 9 aromatic heterocycles. The molecule has 6 unspecified atom stereocenters. The van der Waals surface area contributed by atoms with Crippen LogP contribution in [-0.2, 0) is 45.3 Å². The lowest BCUT2D eigenvalue weighted by molar-refractivity contribution is -0.00871. The van der Waals surface area contributed by atoms with Crippen molar-refractivity contribution in [2.24, 2.45) is 0 Å². The molecule has 106 heavy (non-hydrogen) atoms. The van der Waals surface area contributed by atoms with Gasteiger partial charge in [-0.1, -0.05) is 67.1 Å². The number of aromatic nitrogens is 15. The summed E-state index contributed by atoms with van der Waals surface area (Å²) in [5.41, 5.74) is 19.9. The van der Waals surface area contributed by atoms with Crippen LogP contribution in [0.5, 0.6) is 0 Å². The van der Waals surface area contributed by atoms with Gasteiger partial charge in [0.25, 0.3) is 0 Å². The molecule has 21 rings (SSSR count). The van der Waals surface area contributed by atoms with E-state index in [0.29, 0.717) is 67.2 Å². The molecule has 9 aliphatic rings. The van der Waals surface area contributed by atoms with Gasteiger partial charge in [-0.25, -0.2) is 49.2 Å². The Morgan fingerprint density at radius 2 is 0.670 bits per heavy atom. The second kappa shape index (κ2) is 30.5. The van der Waals surface area contributed by atoms with Gasteiger partial charge in [0, 0.05) is 189 Å². The van der Waals surface area contributed by atoms with E-state index in [9.17, 15) is 4.39 Å². The van der Waals surface area contributed by atoms with E-state index in [4.69, 9.17) is 41.5 Å². The van der Waals surface area contributed by atoms with Crippen molar-refractivity contribution in [3.8, 4) is 34.2 Å². The standard InChI is InChI=1S/C29H33N7.C27H28ClN7.C27H28FN7/c1-4-21-5-7-22(8-6-21)16-36-26-14-27(36)18-35(17-26)28-10-9-23(15-30-28)29-31-19(2)11-24(32-29)13-25-12-20(3)33-34-25;2*1-17-9-22(11-23-10-18(2)32-33-23)31-27(30-17)20-5-8-26(29-13-20)34-15-24-12-25(16-34)35(24)14-19-3-6-21(28)7-4-19/h5-12,15,26-27H,4,13-14,16-18H2,1-3H3,(H,33,34);2*3-10,13,24-25H,11-12,14-16H2,1-2H3,(H,32,33). The van der Waals surface area contributed by atoms with Gasteiger partial charge < -0.3 is 14.7 Å². The molecule has 540 valence electrons. The molecule has 0 aliphatic carbocycles. The molecule has 0 amide bonds. The van der Waals surface area contributed by atoms with Crippen LogP contribution in [-0.4, -0.2) is 166 Å². The van der Waals surface area contributed by atoms with Crippen molar-refractivity contribution in [1.82, 2.24) is 90.1 Å². The fourth-order valence-corrected chi connectivity index (χ4v) is 16.1. The molecule has 9 saturated heterocycles. The van der Waals surface area contributed by atoms with Crippen LogP contribution in [0.1, 0.15) is 117 Å². The molecule has 9 aliphatic heterocycles. The molecule has 18 heterocycles. The Kier molecular flexibility index (Phi) is 20.1. The smallest absolute Gasteiger partial charge is 0.161 e. The second-order valence-corrected chi connectivity index (χ2v) is 30.1. The zero-order valence-corrected chi connectivity index (χ0v) is 61.9. The lowest BCUT2D eigenvalue weighted by atomic mass is 9.86. The topological polar surface area (TPSA) is 221 Å². The van der Waals surface area contributed by atoms with Crippen LogP contribution in [0.25, 0.3) is 34.2 Å². The number of halogens is 2. The summed E-state index contributed by atoms with van der Waals surface area (Å²) in [4.78, 5) is 57.7. The summed E-state index contributed by atoms with van der Waals surface area (Å²) >= 11 is 6.04. The van der Waals surface area contributed by atoms with E-state index >= 15 is 0 Å². The number of hydrogen-bond donors (Lipinski definition) is 3. The molecule has 6 bridgehead atoms. The van der Waals surface area contributed by atoms with Gasteiger partial charge in [0.2, 0.25) is 0 Å². The lowest BCUT2D eigenvalue weighted by Gasteiger charge is -2.56. The first kappa shape index (κ1) is 69.8. The number of anilines is 3. The summed E-state index contributed by atoms with van der Waals surface area (Å²) < 4.78 is 13.2. The van der Waals surface area contributed by atoms with E-state index in [1.165, 1.54) is 36.0 Å². The zero-order chi connectivity index (χ0) is 72.5. The predicted octanol–water partition coefficient (Wildman–Crippen LogP) is 13.2. The fraction of sp³-hybridized carbons (Fsp3) is 0.349. The summed E-state index contributed by atoms with van der Waals surface area (Å²) in [6.07, 6.45) is 12.6. The highest BCUT2D eigenvalue weighted by atomic mass is 35.5. The van der Waals surface area contributed by atoms with Gasteiger partial charge in [-0.05, 0) is 187 Å². The number of aryl methyl sites for hydroxylation is 7. The van der Waals surface area contributed by atoms with Crippen molar-refractivity contribution in [2.75, 3.05) is 54.0 Å². The van der Waals surface area contributed by atoms with Gasteiger partial charge >= 0.3 is 0 Å². The molecule has 0 spiro atoms. The van der Waals surface area contributed by atoms with Crippen LogP contribution >= 0.6 is 11.6 Å². The molecule has 3 N–H and O–H groups in total. The molecular formula is C83H89ClFN21. The molecule has 0 radical (unpaired) electrons. The highest BCUT2D eigenvalue weighted by molar-refractivity contribution is 6.30. The predicted molar refractivity (Wildman–Crippen MR) is 412 cm³/mol. The Hall–Kier alpha value is -10.5. The zero-order valence-electron chi connectivity index (χ0n) is 61.2. The fourth-order valence-electron chi connectivity index (χ4n) is 16.0. The minimum Gasteiger partial charge on any atom is -0.353 e. The number of H-pyrrole nitrogens is 3. The summed E-state index contributed by atoms with van der Waals surface area (Å²) in [7, 11) is 0. The molecule has 0 saturated carbocycles. The Morgan fingerprint density at radius 1 is 0.368 bits per heavy atom.